The Morgan fingerprint density at radius 1 is 1.06 bits per heavy atom. The zero-order valence-electron chi connectivity index (χ0n) is 19.1. The van der Waals surface area contributed by atoms with Crippen molar-refractivity contribution in [2.24, 2.45) is 0 Å². The lowest BCUT2D eigenvalue weighted by Crippen LogP contribution is -2.12. The lowest BCUT2D eigenvalue weighted by Gasteiger charge is -2.10. The van der Waals surface area contributed by atoms with Crippen LogP contribution in [0, 0.1) is 6.92 Å². The van der Waals surface area contributed by atoms with Crippen molar-refractivity contribution in [1.82, 2.24) is 15.0 Å². The number of thiazole rings is 1. The number of nitrogens with one attached hydrogen (secondary N) is 2. The summed E-state index contributed by atoms with van der Waals surface area (Å²) in [4.78, 5) is 37.3. The highest BCUT2D eigenvalue weighted by Gasteiger charge is 2.15. The number of halogens is 1. The van der Waals surface area contributed by atoms with Crippen LogP contribution in [-0.2, 0) is 15.3 Å². The van der Waals surface area contributed by atoms with Crippen molar-refractivity contribution in [2.75, 3.05) is 31.0 Å². The average molecular weight is 506 g/mol. The summed E-state index contributed by atoms with van der Waals surface area (Å²) in [7, 11) is 1.53. The van der Waals surface area contributed by atoms with Gasteiger partial charge in [-0.05, 0) is 25.1 Å². The smallest absolute Gasteiger partial charge is 0.222 e. The van der Waals surface area contributed by atoms with E-state index in [1.54, 1.807) is 12.1 Å². The Labute approximate surface area is 204 Å². The molecule has 2 heterocycles. The number of hydrogen-bond acceptors (Lipinski definition) is 9. The maximum atomic E-state index is 12.6. The molecule has 2 N–H and O–H groups in total. The topological polar surface area (TPSA) is 115 Å². The summed E-state index contributed by atoms with van der Waals surface area (Å²) in [5, 5.41) is 6.39. The molecule has 9 nitrogen and oxygen atoms in total. The molecule has 0 aliphatic heterocycles. The van der Waals surface area contributed by atoms with Gasteiger partial charge in [0.1, 0.15) is 29.9 Å². The number of nitrogens with zero attached hydrogens (tertiary/aromatic N) is 3. The normalized spacial score (nSPS) is 10.6. The molecule has 0 bridgehead atoms. The van der Waals surface area contributed by atoms with Crippen molar-refractivity contribution in [2.45, 2.75) is 31.7 Å². The lowest BCUT2D eigenvalue weighted by molar-refractivity contribution is -0.115. The van der Waals surface area contributed by atoms with Crippen LogP contribution in [0.1, 0.15) is 24.4 Å². The molecule has 34 heavy (non-hydrogen) atoms. The number of alkyl halides is 1. The first-order chi connectivity index (χ1) is 16.3. The number of hydrogen-bond donors (Lipinski definition) is 2. The van der Waals surface area contributed by atoms with Gasteiger partial charge >= 0.3 is 0 Å². The molecule has 0 aliphatic rings. The molecule has 2 aromatic heterocycles. The first-order valence-corrected chi connectivity index (χ1v) is 12.0. The Morgan fingerprint density at radius 3 is 2.32 bits per heavy atom. The molecule has 0 atom stereocenters. The quantitative estimate of drug-likeness (QED) is 0.306. The fourth-order valence-corrected chi connectivity index (χ4v) is 4.76. The number of anilines is 2. The summed E-state index contributed by atoms with van der Waals surface area (Å²) in [6, 6.07) is 6.91. The first kappa shape index (κ1) is 25.4. The molecule has 0 saturated heterocycles. The molecule has 2 amide bonds. The molecule has 3 aromatic rings. The van der Waals surface area contributed by atoms with E-state index in [4.69, 9.17) is 14.5 Å². The van der Waals surface area contributed by atoms with Crippen molar-refractivity contribution in [3.8, 4) is 22.1 Å². The Hall–Kier alpha value is -3.25. The van der Waals surface area contributed by atoms with Crippen LogP contribution in [-0.4, -0.2) is 47.2 Å². The number of aromatic nitrogens is 3. The van der Waals surface area contributed by atoms with Crippen LogP contribution < -0.4 is 20.1 Å². The number of amides is 2. The molecule has 0 aliphatic carbocycles. The molecule has 0 spiro atoms. The molecule has 1 aromatic carbocycles. The van der Waals surface area contributed by atoms with E-state index in [0.29, 0.717) is 34.0 Å². The van der Waals surface area contributed by atoms with E-state index in [9.17, 15) is 14.0 Å². The highest BCUT2D eigenvalue weighted by molar-refractivity contribution is 7.98. The van der Waals surface area contributed by atoms with Crippen molar-refractivity contribution < 1.29 is 23.5 Å². The molecule has 12 heteroatoms. The third-order valence-electron chi connectivity index (χ3n) is 4.29. The van der Waals surface area contributed by atoms with Gasteiger partial charge < -0.3 is 20.1 Å². The minimum Gasteiger partial charge on any atom is -0.493 e. The van der Waals surface area contributed by atoms with Gasteiger partial charge in [0.25, 0.3) is 0 Å². The second kappa shape index (κ2) is 11.7. The van der Waals surface area contributed by atoms with Crippen LogP contribution in [0.25, 0.3) is 10.6 Å². The van der Waals surface area contributed by atoms with Crippen LogP contribution in [0.3, 0.4) is 0 Å². The number of carbonyl (C=O) groups is 2. The van der Waals surface area contributed by atoms with E-state index in [1.807, 2.05) is 13.0 Å². The number of carbonyl (C=O) groups excluding carboxylic acids is 2. The largest absolute Gasteiger partial charge is 0.493 e. The summed E-state index contributed by atoms with van der Waals surface area (Å²) >= 11 is 2.85. The highest BCUT2D eigenvalue weighted by atomic mass is 32.2. The number of rotatable bonds is 10. The van der Waals surface area contributed by atoms with Gasteiger partial charge in [-0.15, -0.1) is 11.3 Å². The van der Waals surface area contributed by atoms with E-state index in [-0.39, 0.29) is 18.4 Å². The molecule has 0 fully saturated rings. The number of methoxy groups -OCH3 is 1. The fraction of sp³-hybridized carbons (Fsp3) is 0.318. The number of ether oxygens (including phenoxy) is 2. The number of aryl methyl sites for hydroxylation is 1. The van der Waals surface area contributed by atoms with E-state index in [0.717, 1.165) is 21.1 Å². The SMILES string of the molecule is COc1ccc(-c2nc(CSc3nc(NC(C)=O)cc(NC(C)=O)n3)c(C)s2)cc1OCCF. The van der Waals surface area contributed by atoms with Gasteiger partial charge in [-0.1, -0.05) is 11.8 Å². The van der Waals surface area contributed by atoms with E-state index >= 15 is 0 Å². The molecule has 3 rings (SSSR count). The Kier molecular flexibility index (Phi) is 8.77. The van der Waals surface area contributed by atoms with Crippen molar-refractivity contribution in [3.63, 3.8) is 0 Å². The van der Waals surface area contributed by atoms with Gasteiger partial charge in [0.05, 0.1) is 12.8 Å². The monoisotopic (exact) mass is 505 g/mol. The van der Waals surface area contributed by atoms with Gasteiger partial charge in [-0.2, -0.15) is 0 Å². The third kappa shape index (κ3) is 6.87. The summed E-state index contributed by atoms with van der Waals surface area (Å²) in [5.74, 6) is 1.48. The standard InChI is InChI=1S/C22H24FN5O4S2/c1-12-16(11-33-22-27-19(24-13(2)29)10-20(28-22)25-14(3)30)26-21(34-12)15-5-6-17(31-4)18(9-15)32-8-7-23/h5-6,9-10H,7-8,11H2,1-4H3,(H2,24,25,27,28,29,30). The zero-order chi connectivity index (χ0) is 24.7. The molecule has 0 unspecified atom stereocenters. The molecule has 0 radical (unpaired) electrons. The lowest BCUT2D eigenvalue weighted by atomic mass is 10.2. The maximum absolute atomic E-state index is 12.6. The Balaban J connectivity index is 1.80. The van der Waals surface area contributed by atoms with Crippen LogP contribution in [0.5, 0.6) is 11.5 Å². The first-order valence-electron chi connectivity index (χ1n) is 10.2. The van der Waals surface area contributed by atoms with Gasteiger partial charge in [-0.3, -0.25) is 9.59 Å². The number of thioether (sulfide) groups is 1. The third-order valence-corrected chi connectivity index (χ3v) is 6.21. The van der Waals surface area contributed by atoms with Gasteiger partial charge in [0.15, 0.2) is 16.7 Å². The van der Waals surface area contributed by atoms with E-state index in [1.165, 1.54) is 50.1 Å². The molecular formula is C22H24FN5O4S2. The van der Waals surface area contributed by atoms with Gasteiger partial charge in [0, 0.05) is 36.1 Å². The fourth-order valence-electron chi connectivity index (χ4n) is 2.87. The second-order valence-corrected chi connectivity index (χ2v) is 9.14. The second-order valence-electron chi connectivity index (χ2n) is 7.00. The predicted octanol–water partition coefficient (Wildman–Crippen LogP) is 4.47. The minimum atomic E-state index is -0.597. The average Bonchev–Trinajstić information content (AvgIpc) is 3.15. The van der Waals surface area contributed by atoms with Gasteiger partial charge in [-0.25, -0.2) is 19.3 Å². The summed E-state index contributed by atoms with van der Waals surface area (Å²) in [6.45, 7) is 4.07. The Morgan fingerprint density at radius 2 is 1.74 bits per heavy atom. The summed E-state index contributed by atoms with van der Waals surface area (Å²) in [5.41, 5.74) is 1.68. The summed E-state index contributed by atoms with van der Waals surface area (Å²) < 4.78 is 23.3. The van der Waals surface area contributed by atoms with Crippen molar-refractivity contribution in [1.29, 1.82) is 0 Å². The molecule has 180 valence electrons. The van der Waals surface area contributed by atoms with Gasteiger partial charge in [0.2, 0.25) is 11.8 Å². The van der Waals surface area contributed by atoms with E-state index in [2.05, 4.69) is 20.6 Å². The maximum Gasteiger partial charge on any atom is 0.222 e. The van der Waals surface area contributed by atoms with Crippen LogP contribution in [0.4, 0.5) is 16.0 Å². The van der Waals surface area contributed by atoms with Crippen molar-refractivity contribution >= 4 is 46.5 Å². The highest BCUT2D eigenvalue weighted by Crippen LogP contribution is 2.36. The summed E-state index contributed by atoms with van der Waals surface area (Å²) in [6.07, 6.45) is 0. The molecular weight excluding hydrogens is 481 g/mol. The zero-order valence-corrected chi connectivity index (χ0v) is 20.7. The van der Waals surface area contributed by atoms with Crippen LogP contribution >= 0.6 is 23.1 Å². The number of benzene rings is 1. The van der Waals surface area contributed by atoms with E-state index < -0.39 is 6.67 Å². The van der Waals surface area contributed by atoms with Crippen LogP contribution in [0.2, 0.25) is 0 Å². The van der Waals surface area contributed by atoms with Crippen molar-refractivity contribution in [3.05, 3.63) is 34.8 Å². The Bertz CT molecular complexity index is 1150. The van der Waals surface area contributed by atoms with Crippen LogP contribution in [0.15, 0.2) is 29.4 Å². The predicted molar refractivity (Wildman–Crippen MR) is 131 cm³/mol. The minimum absolute atomic E-state index is 0.0589. The molecule has 0 saturated carbocycles.